The molecular formula is C6H4AgN3O. The van der Waals surface area contributed by atoms with Gasteiger partial charge in [0.25, 0.3) is 0 Å². The monoisotopic (exact) mass is 241 g/mol. The summed E-state index contributed by atoms with van der Waals surface area (Å²) in [4.78, 5) is 0. The maximum atomic E-state index is 9.05. The summed E-state index contributed by atoms with van der Waals surface area (Å²) in [6, 6.07) is 4.88. The van der Waals surface area contributed by atoms with Crippen LogP contribution in [0.3, 0.4) is 0 Å². The van der Waals surface area contributed by atoms with Gasteiger partial charge in [-0.2, -0.15) is 0 Å². The molecule has 0 saturated heterocycles. The van der Waals surface area contributed by atoms with Crippen LogP contribution in [0, 0.1) is 0 Å². The molecule has 0 spiro atoms. The summed E-state index contributed by atoms with van der Waals surface area (Å²) in [5.41, 5.74) is 1.50. The van der Waals surface area contributed by atoms with Crippen molar-refractivity contribution in [3.8, 4) is 5.75 Å². The first-order chi connectivity index (χ1) is 5.27. The van der Waals surface area contributed by atoms with Crippen molar-refractivity contribution in [2.75, 3.05) is 0 Å². The summed E-state index contributed by atoms with van der Waals surface area (Å²) in [5, 5.41) is 16.5. The number of fused-ring (bicyclic) bond motifs is 1. The van der Waals surface area contributed by atoms with E-state index in [2.05, 4.69) is 31.6 Å². The van der Waals surface area contributed by atoms with Crippen LogP contribution in [-0.4, -0.2) is 18.5 Å². The molecule has 5 heteroatoms. The molecule has 0 aliphatic rings. The molecule has 11 heavy (non-hydrogen) atoms. The summed E-state index contributed by atoms with van der Waals surface area (Å²) < 4.78 is 1.47. The zero-order valence-electron chi connectivity index (χ0n) is 5.32. The molecule has 60 valence electrons. The molecule has 0 aliphatic heterocycles. The molecule has 0 atom stereocenters. The van der Waals surface area contributed by atoms with E-state index in [1.165, 1.54) is 3.09 Å². The van der Waals surface area contributed by atoms with Crippen molar-refractivity contribution in [3.63, 3.8) is 0 Å². The average Bonchev–Trinajstić information content (AvgIpc) is 2.32. The molecule has 2 aromatic rings. The van der Waals surface area contributed by atoms with Crippen molar-refractivity contribution in [2.45, 2.75) is 0 Å². The van der Waals surface area contributed by atoms with Gasteiger partial charge in [-0.25, -0.2) is 0 Å². The first kappa shape index (κ1) is 6.84. The number of hydrogen-bond donors (Lipinski definition) is 1. The molecular weight excluding hydrogens is 238 g/mol. The van der Waals surface area contributed by atoms with Gasteiger partial charge in [0, 0.05) is 0 Å². The van der Waals surface area contributed by atoms with E-state index in [0.717, 1.165) is 5.52 Å². The molecule has 4 nitrogen and oxygen atoms in total. The first-order valence-corrected chi connectivity index (χ1v) is 3.61. The Morgan fingerprint density at radius 3 is 3.09 bits per heavy atom. The van der Waals surface area contributed by atoms with Crippen molar-refractivity contribution in [1.29, 1.82) is 0 Å². The quantitative estimate of drug-likeness (QED) is 0.682. The third-order valence-electron chi connectivity index (χ3n) is 1.36. The number of hydrogen-bond acceptors (Lipinski definition) is 3. The number of aromatic hydroxyl groups is 1. The Morgan fingerprint density at radius 1 is 1.45 bits per heavy atom. The van der Waals surface area contributed by atoms with E-state index in [0.29, 0.717) is 5.52 Å². The van der Waals surface area contributed by atoms with Gasteiger partial charge in [-0.15, -0.1) is 0 Å². The Balaban J connectivity index is 2.86. The van der Waals surface area contributed by atoms with Crippen molar-refractivity contribution in [2.24, 2.45) is 0 Å². The Kier molecular flexibility index (Phi) is 1.45. The van der Waals surface area contributed by atoms with Gasteiger partial charge in [0.15, 0.2) is 0 Å². The van der Waals surface area contributed by atoms with E-state index in [1.54, 1.807) is 18.2 Å². The Hall–Kier alpha value is -0.840. The molecule has 1 heterocycles. The predicted octanol–water partition coefficient (Wildman–Crippen LogP) is 0.447. The number of benzene rings is 1. The molecule has 0 saturated carbocycles. The fourth-order valence-corrected chi connectivity index (χ4v) is 1.21. The summed E-state index contributed by atoms with van der Waals surface area (Å²) in [7, 11) is 0. The van der Waals surface area contributed by atoms with E-state index in [9.17, 15) is 0 Å². The van der Waals surface area contributed by atoms with Gasteiger partial charge < -0.3 is 0 Å². The Labute approximate surface area is 75.1 Å². The molecule has 1 aromatic carbocycles. The number of aromatic nitrogens is 3. The predicted molar refractivity (Wildman–Crippen MR) is 34.6 cm³/mol. The average molecular weight is 242 g/mol. The summed E-state index contributed by atoms with van der Waals surface area (Å²) >= 11 is 3.17. The van der Waals surface area contributed by atoms with Crippen molar-refractivity contribution >= 4 is 11.0 Å². The van der Waals surface area contributed by atoms with Crippen LogP contribution < -0.4 is 0 Å². The normalized spacial score (nSPS) is 10.7. The van der Waals surface area contributed by atoms with E-state index in [4.69, 9.17) is 5.11 Å². The molecule has 1 aromatic heterocycles. The fourth-order valence-electron chi connectivity index (χ4n) is 0.866. The van der Waals surface area contributed by atoms with Gasteiger partial charge in [0.05, 0.1) is 0 Å². The number of rotatable bonds is 0. The van der Waals surface area contributed by atoms with Gasteiger partial charge in [0.1, 0.15) is 0 Å². The Morgan fingerprint density at radius 2 is 2.27 bits per heavy atom. The van der Waals surface area contributed by atoms with Crippen LogP contribution in [0.4, 0.5) is 0 Å². The van der Waals surface area contributed by atoms with E-state index >= 15 is 0 Å². The van der Waals surface area contributed by atoms with Crippen molar-refractivity contribution < 1.29 is 26.4 Å². The molecule has 0 unspecified atom stereocenters. The van der Waals surface area contributed by atoms with Gasteiger partial charge in [-0.3, -0.25) is 0 Å². The van der Waals surface area contributed by atoms with Crippen LogP contribution in [-0.2, 0) is 21.3 Å². The molecule has 0 fully saturated rings. The number of phenolic OH excluding ortho intramolecular Hbond substituents is 1. The van der Waals surface area contributed by atoms with Gasteiger partial charge >= 0.3 is 74.8 Å². The van der Waals surface area contributed by atoms with Gasteiger partial charge in [0.2, 0.25) is 0 Å². The molecule has 2 rings (SSSR count). The number of phenols is 1. The van der Waals surface area contributed by atoms with Crippen LogP contribution in [0.2, 0.25) is 0 Å². The van der Waals surface area contributed by atoms with Crippen molar-refractivity contribution in [3.05, 3.63) is 18.2 Å². The second kappa shape index (κ2) is 2.34. The van der Waals surface area contributed by atoms with Crippen LogP contribution >= 0.6 is 0 Å². The third-order valence-corrected chi connectivity index (χ3v) is 1.85. The third kappa shape index (κ3) is 1.05. The fraction of sp³-hybridized carbons (Fsp3) is 0. The topological polar surface area (TPSA) is 50.9 Å². The number of nitrogens with zero attached hydrogens (tertiary/aromatic N) is 3. The zero-order chi connectivity index (χ0) is 7.84. The maximum absolute atomic E-state index is 9.05. The second-order valence-electron chi connectivity index (χ2n) is 2.09. The van der Waals surface area contributed by atoms with Crippen LogP contribution in [0.5, 0.6) is 5.75 Å². The van der Waals surface area contributed by atoms with E-state index < -0.39 is 0 Å². The van der Waals surface area contributed by atoms with Crippen LogP contribution in [0.1, 0.15) is 0 Å². The summed E-state index contributed by atoms with van der Waals surface area (Å²) in [6.07, 6.45) is 0. The Bertz CT molecular complexity index is 398. The minimum atomic E-state index is 0.199. The standard InChI is InChI=1S/C6H4N3O.Ag/c10-4-1-2-5-6(3-4)8-9-7-5;/h1-3H,(H-,7,8,9,10);/q-1;+1. The molecule has 1 N–H and O–H groups in total. The summed E-state index contributed by atoms with van der Waals surface area (Å²) in [5.74, 6) is 0.199. The minimum absolute atomic E-state index is 0.199. The molecule has 0 aliphatic carbocycles. The second-order valence-corrected chi connectivity index (χ2v) is 2.72. The molecule has 0 bridgehead atoms. The first-order valence-electron chi connectivity index (χ1n) is 2.94. The molecule has 0 radical (unpaired) electrons. The van der Waals surface area contributed by atoms with Gasteiger partial charge in [-0.05, 0) is 0 Å². The van der Waals surface area contributed by atoms with Gasteiger partial charge in [-0.1, -0.05) is 0 Å². The summed E-state index contributed by atoms with van der Waals surface area (Å²) in [6.45, 7) is 0. The molecule has 0 amide bonds. The van der Waals surface area contributed by atoms with Crippen LogP contribution in [0.25, 0.3) is 11.0 Å². The SMILES string of the molecule is Oc1ccc2c(c1)nn[n]2[Ag]. The zero-order valence-corrected chi connectivity index (χ0v) is 6.80. The van der Waals surface area contributed by atoms with E-state index in [1.807, 2.05) is 0 Å². The van der Waals surface area contributed by atoms with E-state index in [-0.39, 0.29) is 5.75 Å². The van der Waals surface area contributed by atoms with Crippen LogP contribution in [0.15, 0.2) is 18.2 Å². The van der Waals surface area contributed by atoms with Crippen molar-refractivity contribution in [1.82, 2.24) is 13.4 Å².